The van der Waals surface area contributed by atoms with Crippen molar-refractivity contribution in [2.45, 2.75) is 62.5 Å². The van der Waals surface area contributed by atoms with E-state index in [0.29, 0.717) is 53.6 Å². The maximum atomic E-state index is 17.0. The van der Waals surface area contributed by atoms with Gasteiger partial charge < -0.3 is 48.5 Å². The monoisotopic (exact) mass is 1120 g/mol. The van der Waals surface area contributed by atoms with Gasteiger partial charge in [-0.15, -0.1) is 0 Å². The van der Waals surface area contributed by atoms with Gasteiger partial charge in [0.2, 0.25) is 18.6 Å². The summed E-state index contributed by atoms with van der Waals surface area (Å²) >= 11 is 0. The number of urea groups is 1. The van der Waals surface area contributed by atoms with Crippen LogP contribution in [-0.2, 0) is 59.7 Å². The summed E-state index contributed by atoms with van der Waals surface area (Å²) in [5, 5.41) is 12.7. The van der Waals surface area contributed by atoms with Crippen molar-refractivity contribution in [3.8, 4) is 29.1 Å². The SMILES string of the molecule is COC(=O)C(CC#Cc1ccc2c(c1)[C@]1(C(=O)N2C(=O)N[C@H](C(=O)OC)C(C)C)[C@H](c2cccc(OCCO)c2)N2[C@H](c3ccccc3)[C@H](c3ccccc3)OC(=O)[C@H]2[C@@H]1C(=O)N1CCN(Cc2ccc3c(c2)OCO3)CC1)C(=O)OC. The molecule has 0 bridgehead atoms. The van der Waals surface area contributed by atoms with E-state index in [1.807, 2.05) is 83.8 Å². The topological polar surface area (TPSA) is 229 Å². The lowest BCUT2D eigenvalue weighted by molar-refractivity contribution is -0.179. The Kier molecular flexibility index (Phi) is 16.6. The smallest absolute Gasteiger partial charge is 0.329 e. The van der Waals surface area contributed by atoms with Crippen LogP contribution in [0.2, 0.25) is 0 Å². The highest BCUT2D eigenvalue weighted by atomic mass is 16.7. The van der Waals surface area contributed by atoms with Crippen molar-refractivity contribution in [1.29, 1.82) is 0 Å². The minimum absolute atomic E-state index is 0.0236. The summed E-state index contributed by atoms with van der Waals surface area (Å²) in [6.07, 6.45) is -1.35. The Balaban J connectivity index is 1.21. The fraction of sp³-hybridized carbons (Fsp3) is 0.371. The quantitative estimate of drug-likeness (QED) is 0.0578. The number of carbonyl (C=O) groups excluding carboxylic acids is 7. The number of anilines is 1. The molecule has 10 rings (SSSR count). The fourth-order valence-corrected chi connectivity index (χ4v) is 12.1. The molecule has 1 spiro atoms. The van der Waals surface area contributed by atoms with Crippen LogP contribution in [0, 0.1) is 29.6 Å². The summed E-state index contributed by atoms with van der Waals surface area (Å²) in [6, 6.07) is 29.8. The molecule has 20 heteroatoms. The maximum absolute atomic E-state index is 17.0. The van der Waals surface area contributed by atoms with E-state index in [1.165, 1.54) is 13.2 Å². The minimum atomic E-state index is -2.23. The molecular formula is C62H63N5O15. The lowest BCUT2D eigenvalue weighted by Crippen LogP contribution is -2.59. The molecule has 82 heavy (non-hydrogen) atoms. The number of ether oxygens (including phenoxy) is 7. The zero-order valence-corrected chi connectivity index (χ0v) is 46.0. The third kappa shape index (κ3) is 10.5. The summed E-state index contributed by atoms with van der Waals surface area (Å²) in [5.74, 6) is -0.804. The molecular weight excluding hydrogens is 1050 g/mol. The molecule has 426 valence electrons. The standard InChI is InChI=1S/C62H63N5O15/c1-37(2)50(58(72)78-5)63-61(75)66-46-24-22-38(14-12-21-44(56(70)76-3)57(71)77-4)32-45(46)62(60(66)74)49(55(69)65-28-26-64(27-29-65)35-39-23-25-47-48(33-39)81-36-80-47)52-59(73)82-53(41-17-10-7-11-18-41)51(40-15-8-6-9-16-40)67(52)54(62)42-19-13-20-43(34-42)79-31-30-68/h6-11,13,15-20,22-25,32-34,37,44,49-54,68H,21,26-31,35-36H2,1-5H3,(H,63,75)/t49-,50+,51-,52-,53+,54+,62-/m1/s1. The zero-order chi connectivity index (χ0) is 57.8. The third-order valence-electron chi connectivity index (χ3n) is 15.9. The summed E-state index contributed by atoms with van der Waals surface area (Å²) in [7, 11) is 3.46. The van der Waals surface area contributed by atoms with Gasteiger partial charge in [-0.05, 0) is 76.2 Å². The molecule has 0 aromatic heterocycles. The number of hydrogen-bond donors (Lipinski definition) is 2. The molecule has 0 unspecified atom stereocenters. The Morgan fingerprint density at radius 3 is 2.09 bits per heavy atom. The number of nitrogens with one attached hydrogen (secondary N) is 1. The molecule has 0 radical (unpaired) electrons. The number of rotatable bonds is 15. The van der Waals surface area contributed by atoms with Gasteiger partial charge in [0.1, 0.15) is 36.0 Å². The van der Waals surface area contributed by atoms with Gasteiger partial charge >= 0.3 is 29.9 Å². The number of cyclic esters (lactones) is 1. The molecule has 3 saturated heterocycles. The zero-order valence-electron chi connectivity index (χ0n) is 46.0. The lowest BCUT2D eigenvalue weighted by Gasteiger charge is -2.46. The highest BCUT2D eigenvalue weighted by molar-refractivity contribution is 6.25. The lowest BCUT2D eigenvalue weighted by atomic mass is 9.64. The summed E-state index contributed by atoms with van der Waals surface area (Å²) in [4.78, 5) is 110. The summed E-state index contributed by atoms with van der Waals surface area (Å²) < 4.78 is 38.8. The van der Waals surface area contributed by atoms with Crippen molar-refractivity contribution in [2.75, 3.05) is 72.4 Å². The van der Waals surface area contributed by atoms with Crippen LogP contribution in [0.1, 0.15) is 71.8 Å². The van der Waals surface area contributed by atoms with E-state index in [4.69, 9.17) is 33.2 Å². The number of aliphatic hydroxyl groups excluding tert-OH is 1. The second-order valence-corrected chi connectivity index (χ2v) is 20.9. The highest BCUT2D eigenvalue weighted by Gasteiger charge is 2.76. The minimum Gasteiger partial charge on any atom is -0.491 e. The van der Waals surface area contributed by atoms with Crippen LogP contribution in [-0.4, -0.2) is 141 Å². The van der Waals surface area contributed by atoms with Crippen LogP contribution >= 0.6 is 0 Å². The predicted octanol–water partition coefficient (Wildman–Crippen LogP) is 5.41. The Morgan fingerprint density at radius 1 is 0.744 bits per heavy atom. The van der Waals surface area contributed by atoms with E-state index in [-0.39, 0.29) is 56.3 Å². The molecule has 5 aromatic rings. The van der Waals surface area contributed by atoms with Crippen LogP contribution < -0.4 is 24.4 Å². The molecule has 7 atom stereocenters. The van der Waals surface area contributed by atoms with Gasteiger partial charge in [0.05, 0.1) is 51.6 Å². The van der Waals surface area contributed by atoms with E-state index in [1.54, 1.807) is 55.1 Å². The molecule has 5 heterocycles. The van der Waals surface area contributed by atoms with Gasteiger partial charge in [-0.2, -0.15) is 0 Å². The van der Waals surface area contributed by atoms with Crippen LogP contribution in [0.3, 0.4) is 0 Å². The van der Waals surface area contributed by atoms with Crippen molar-refractivity contribution >= 4 is 47.4 Å². The van der Waals surface area contributed by atoms with Gasteiger partial charge in [-0.25, -0.2) is 14.5 Å². The van der Waals surface area contributed by atoms with E-state index in [2.05, 4.69) is 22.1 Å². The molecule has 5 aliphatic heterocycles. The van der Waals surface area contributed by atoms with Crippen LogP contribution in [0.25, 0.3) is 0 Å². The summed E-state index contributed by atoms with van der Waals surface area (Å²) in [5.41, 5.74) is 0.837. The molecule has 0 aliphatic carbocycles. The third-order valence-corrected chi connectivity index (χ3v) is 15.9. The number of amides is 4. The fourth-order valence-electron chi connectivity index (χ4n) is 12.1. The van der Waals surface area contributed by atoms with E-state index >= 15 is 19.2 Å². The van der Waals surface area contributed by atoms with Crippen molar-refractivity contribution < 1.29 is 71.8 Å². The first-order chi connectivity index (χ1) is 39.7. The van der Waals surface area contributed by atoms with Crippen molar-refractivity contribution in [3.05, 3.63) is 155 Å². The molecule has 2 N–H and O–H groups in total. The van der Waals surface area contributed by atoms with Crippen LogP contribution in [0.15, 0.2) is 121 Å². The number of methoxy groups -OCH3 is 3. The maximum Gasteiger partial charge on any atom is 0.329 e. The first-order valence-corrected chi connectivity index (χ1v) is 27.1. The second-order valence-electron chi connectivity index (χ2n) is 20.9. The Morgan fingerprint density at radius 2 is 1.41 bits per heavy atom. The van der Waals surface area contributed by atoms with Crippen LogP contribution in [0.4, 0.5) is 10.5 Å². The number of piperazine rings is 1. The number of imide groups is 1. The predicted molar refractivity (Wildman–Crippen MR) is 294 cm³/mol. The first-order valence-electron chi connectivity index (χ1n) is 27.1. The van der Waals surface area contributed by atoms with E-state index in [0.717, 1.165) is 24.7 Å². The van der Waals surface area contributed by atoms with Crippen molar-refractivity contribution in [1.82, 2.24) is 20.0 Å². The molecule has 3 fully saturated rings. The van der Waals surface area contributed by atoms with Gasteiger partial charge in [0, 0.05) is 44.7 Å². The van der Waals surface area contributed by atoms with E-state index < -0.39 is 95.2 Å². The summed E-state index contributed by atoms with van der Waals surface area (Å²) in [6.45, 7) is 4.79. The molecule has 4 amide bonds. The largest absolute Gasteiger partial charge is 0.491 e. The Labute approximate surface area is 474 Å². The van der Waals surface area contributed by atoms with Crippen LogP contribution in [0.5, 0.6) is 17.2 Å². The van der Waals surface area contributed by atoms with Crippen molar-refractivity contribution in [3.63, 3.8) is 0 Å². The Bertz CT molecular complexity index is 3310. The van der Waals surface area contributed by atoms with Crippen molar-refractivity contribution in [2.24, 2.45) is 17.8 Å². The normalized spacial score (nSPS) is 22.2. The molecule has 5 aromatic carbocycles. The number of morpholine rings is 1. The van der Waals surface area contributed by atoms with Gasteiger partial charge in [-0.1, -0.05) is 105 Å². The second kappa shape index (κ2) is 24.1. The molecule has 0 saturated carbocycles. The number of benzene rings is 5. The number of hydrogen-bond acceptors (Lipinski definition) is 17. The average Bonchev–Trinajstić information content (AvgIpc) is 2.17. The molecule has 5 aliphatic rings. The van der Waals surface area contributed by atoms with Gasteiger partial charge in [0.15, 0.2) is 17.4 Å². The highest BCUT2D eigenvalue weighted by Crippen LogP contribution is 2.66. The number of fused-ring (bicyclic) bond motifs is 4. The van der Waals surface area contributed by atoms with E-state index in [9.17, 15) is 19.5 Å². The Hall–Kier alpha value is -8.77. The first kappa shape index (κ1) is 56.5. The number of carbonyl (C=O) groups is 7. The van der Waals surface area contributed by atoms with Gasteiger partial charge in [-0.3, -0.25) is 33.8 Å². The number of esters is 4. The molecule has 20 nitrogen and oxygen atoms in total. The average molecular weight is 1120 g/mol. The number of aliphatic hydroxyl groups is 1. The van der Waals surface area contributed by atoms with Gasteiger partial charge in [0.25, 0.3) is 0 Å². The number of nitrogens with zero attached hydrogens (tertiary/aromatic N) is 4.